The van der Waals surface area contributed by atoms with Gasteiger partial charge in [0, 0.05) is 18.3 Å². The SMILES string of the molecule is CCn1[nH]cc(-c2cc(C)c3c(c2C)C(NOC(C)C)=CC(=C=O)S3(=O)=O)c1=O. The molecule has 1 aliphatic heterocycles. The number of carbonyl (C=O) groups excluding carboxylic acids is 1. The van der Waals surface area contributed by atoms with Crippen molar-refractivity contribution in [1.29, 1.82) is 0 Å². The Hall–Kier alpha value is -2.87. The summed E-state index contributed by atoms with van der Waals surface area (Å²) in [5.41, 5.74) is 5.34. The lowest BCUT2D eigenvalue weighted by Gasteiger charge is -2.25. The van der Waals surface area contributed by atoms with E-state index in [-0.39, 0.29) is 16.6 Å². The summed E-state index contributed by atoms with van der Waals surface area (Å²) in [5, 5.41) is 2.91. The van der Waals surface area contributed by atoms with Crippen molar-refractivity contribution < 1.29 is 18.0 Å². The number of rotatable bonds is 5. The number of aryl methyl sites for hydroxylation is 2. The summed E-state index contributed by atoms with van der Waals surface area (Å²) in [6.45, 7) is 9.34. The minimum atomic E-state index is -4.04. The van der Waals surface area contributed by atoms with Crippen LogP contribution in [0.15, 0.2) is 32.9 Å². The van der Waals surface area contributed by atoms with Gasteiger partial charge in [-0.1, -0.05) is 0 Å². The van der Waals surface area contributed by atoms with Crippen molar-refractivity contribution >= 4 is 21.5 Å². The first-order valence-electron chi connectivity index (χ1n) is 9.20. The maximum atomic E-state index is 13.0. The van der Waals surface area contributed by atoms with Crippen LogP contribution >= 0.6 is 0 Å². The molecule has 0 aliphatic carbocycles. The summed E-state index contributed by atoms with van der Waals surface area (Å²) in [5.74, 6) is 1.51. The lowest BCUT2D eigenvalue weighted by Crippen LogP contribution is -2.25. The number of allylic oxidation sites excluding steroid dienone is 1. The van der Waals surface area contributed by atoms with E-state index in [9.17, 15) is 18.0 Å². The van der Waals surface area contributed by atoms with Crippen LogP contribution in [0.5, 0.6) is 0 Å². The number of nitrogens with one attached hydrogen (secondary N) is 2. The molecule has 1 aliphatic rings. The van der Waals surface area contributed by atoms with Gasteiger partial charge in [-0.05, 0) is 63.5 Å². The van der Waals surface area contributed by atoms with Crippen molar-refractivity contribution in [3.8, 4) is 11.1 Å². The average molecular weight is 417 g/mol. The van der Waals surface area contributed by atoms with Crippen LogP contribution in [0.2, 0.25) is 0 Å². The number of aromatic nitrogens is 2. The second kappa shape index (κ2) is 7.51. The van der Waals surface area contributed by atoms with E-state index < -0.39 is 14.7 Å². The highest BCUT2D eigenvalue weighted by Crippen LogP contribution is 2.40. The zero-order valence-corrected chi connectivity index (χ0v) is 17.7. The lowest BCUT2D eigenvalue weighted by molar-refractivity contribution is 0.0272. The molecule has 1 aromatic carbocycles. The van der Waals surface area contributed by atoms with E-state index in [1.807, 2.05) is 20.8 Å². The molecule has 0 saturated carbocycles. The number of hydroxylamine groups is 1. The second-order valence-corrected chi connectivity index (χ2v) is 8.96. The quantitative estimate of drug-likeness (QED) is 0.570. The molecule has 154 valence electrons. The molecule has 2 heterocycles. The summed E-state index contributed by atoms with van der Waals surface area (Å²) >= 11 is 0. The highest BCUT2D eigenvalue weighted by molar-refractivity contribution is 7.96. The van der Waals surface area contributed by atoms with E-state index in [4.69, 9.17) is 4.84 Å². The van der Waals surface area contributed by atoms with Crippen molar-refractivity contribution in [2.75, 3.05) is 0 Å². The van der Waals surface area contributed by atoms with Crippen LogP contribution in [0.25, 0.3) is 16.8 Å². The van der Waals surface area contributed by atoms with Gasteiger partial charge in [0.15, 0.2) is 4.91 Å². The molecule has 0 bridgehead atoms. The van der Waals surface area contributed by atoms with Gasteiger partial charge in [-0.3, -0.25) is 19.8 Å². The Labute approximate surface area is 168 Å². The largest absolute Gasteiger partial charge is 0.302 e. The normalized spacial score (nSPS) is 15.1. The van der Waals surface area contributed by atoms with E-state index in [0.717, 1.165) is 0 Å². The zero-order valence-electron chi connectivity index (χ0n) is 16.9. The molecule has 1 aromatic heterocycles. The molecule has 2 aromatic rings. The smallest absolute Gasteiger partial charge is 0.274 e. The number of benzene rings is 1. The Bertz CT molecular complexity index is 1230. The third-order valence-corrected chi connectivity index (χ3v) is 6.62. The lowest BCUT2D eigenvalue weighted by atomic mass is 9.93. The van der Waals surface area contributed by atoms with Crippen molar-refractivity contribution in [1.82, 2.24) is 15.3 Å². The van der Waals surface area contributed by atoms with Crippen molar-refractivity contribution in [2.45, 2.75) is 52.2 Å². The fourth-order valence-corrected chi connectivity index (χ4v) is 5.03. The molecule has 0 spiro atoms. The van der Waals surface area contributed by atoms with E-state index in [1.54, 1.807) is 26.1 Å². The Morgan fingerprint density at radius 3 is 2.52 bits per heavy atom. The molecule has 0 atom stereocenters. The van der Waals surface area contributed by atoms with E-state index in [1.165, 1.54) is 16.7 Å². The molecule has 2 N–H and O–H groups in total. The summed E-state index contributed by atoms with van der Waals surface area (Å²) in [6.07, 6.45) is 2.63. The third kappa shape index (κ3) is 3.37. The Kier molecular flexibility index (Phi) is 5.40. The van der Waals surface area contributed by atoms with Gasteiger partial charge in [0.1, 0.15) is 5.94 Å². The van der Waals surface area contributed by atoms with Crippen LogP contribution < -0.4 is 11.0 Å². The highest BCUT2D eigenvalue weighted by Gasteiger charge is 2.35. The number of aromatic amines is 1. The van der Waals surface area contributed by atoms with Crippen LogP contribution in [0.3, 0.4) is 0 Å². The van der Waals surface area contributed by atoms with Crippen LogP contribution in [-0.4, -0.2) is 30.2 Å². The predicted octanol–water partition coefficient (Wildman–Crippen LogP) is 2.25. The molecule has 0 fully saturated rings. The fraction of sp³-hybridized carbons (Fsp3) is 0.350. The number of H-pyrrole nitrogens is 1. The number of sulfone groups is 1. The monoisotopic (exact) mass is 417 g/mol. The molecular formula is C20H23N3O5S. The van der Waals surface area contributed by atoms with Gasteiger partial charge in [-0.15, -0.1) is 0 Å². The summed E-state index contributed by atoms with van der Waals surface area (Å²) in [6, 6.07) is 1.66. The maximum absolute atomic E-state index is 13.0. The molecule has 0 unspecified atom stereocenters. The number of nitrogens with zero attached hydrogens (tertiary/aromatic N) is 1. The first kappa shape index (κ1) is 20.9. The molecule has 29 heavy (non-hydrogen) atoms. The molecule has 9 heteroatoms. The number of hydrogen-bond donors (Lipinski definition) is 2. The standard InChI is InChI=1S/C20H23N3O5S/c1-6-23-20(25)16(9-21-23)15-7-12(4)19-18(13(15)5)17(22-28-11(2)3)8-14(10-24)29(19,26)27/h7-9,11,21-22H,6H2,1-5H3. The fourth-order valence-electron chi connectivity index (χ4n) is 3.42. The van der Waals surface area contributed by atoms with Crippen LogP contribution in [0.1, 0.15) is 37.5 Å². The average Bonchev–Trinajstić information content (AvgIpc) is 3.03. The minimum Gasteiger partial charge on any atom is -0.302 e. The van der Waals surface area contributed by atoms with Crippen molar-refractivity contribution in [3.05, 3.63) is 50.3 Å². The molecule has 0 radical (unpaired) electrons. The van der Waals surface area contributed by atoms with Gasteiger partial charge in [-0.2, -0.15) is 0 Å². The third-order valence-electron chi connectivity index (χ3n) is 4.78. The molecule has 0 amide bonds. The van der Waals surface area contributed by atoms with E-state index in [0.29, 0.717) is 40.1 Å². The Morgan fingerprint density at radius 2 is 1.97 bits per heavy atom. The maximum Gasteiger partial charge on any atom is 0.274 e. The first-order chi connectivity index (χ1) is 13.6. The summed E-state index contributed by atoms with van der Waals surface area (Å²) in [7, 11) is -4.04. The zero-order chi connectivity index (χ0) is 21.5. The summed E-state index contributed by atoms with van der Waals surface area (Å²) in [4.78, 5) is 29.0. The molecular weight excluding hydrogens is 394 g/mol. The van der Waals surface area contributed by atoms with Crippen molar-refractivity contribution in [2.24, 2.45) is 0 Å². The van der Waals surface area contributed by atoms with Crippen LogP contribution in [0.4, 0.5) is 0 Å². The molecule has 0 saturated heterocycles. The van der Waals surface area contributed by atoms with Gasteiger partial charge in [-0.25, -0.2) is 13.2 Å². The summed E-state index contributed by atoms with van der Waals surface area (Å²) < 4.78 is 27.4. The topological polar surface area (TPSA) is 110 Å². The van der Waals surface area contributed by atoms with Gasteiger partial charge < -0.3 is 5.10 Å². The van der Waals surface area contributed by atoms with Gasteiger partial charge in [0.05, 0.1) is 22.3 Å². The van der Waals surface area contributed by atoms with Gasteiger partial charge in [0.25, 0.3) is 5.56 Å². The minimum absolute atomic E-state index is 0.0146. The highest BCUT2D eigenvalue weighted by atomic mass is 32.2. The first-order valence-corrected chi connectivity index (χ1v) is 10.7. The van der Waals surface area contributed by atoms with Crippen LogP contribution in [0, 0.1) is 13.8 Å². The van der Waals surface area contributed by atoms with Crippen molar-refractivity contribution in [3.63, 3.8) is 0 Å². The van der Waals surface area contributed by atoms with Gasteiger partial charge in [0.2, 0.25) is 9.84 Å². The second-order valence-electron chi connectivity index (χ2n) is 7.10. The molecule has 3 rings (SSSR count). The van der Waals surface area contributed by atoms with E-state index >= 15 is 0 Å². The van der Waals surface area contributed by atoms with Gasteiger partial charge >= 0.3 is 0 Å². The van der Waals surface area contributed by atoms with E-state index in [2.05, 4.69) is 10.6 Å². The Morgan fingerprint density at radius 1 is 1.28 bits per heavy atom. The Balaban J connectivity index is 2.35. The predicted molar refractivity (Wildman–Crippen MR) is 109 cm³/mol. The molecule has 8 nitrogen and oxygen atoms in total. The number of hydrogen-bond acceptors (Lipinski definition) is 6. The number of fused-ring (bicyclic) bond motifs is 1. The van der Waals surface area contributed by atoms with Crippen LogP contribution in [-0.2, 0) is 26.0 Å².